The van der Waals surface area contributed by atoms with Crippen molar-refractivity contribution >= 4 is 11.8 Å². The van der Waals surface area contributed by atoms with Crippen molar-refractivity contribution in [1.82, 2.24) is 29.9 Å². The molecule has 3 aromatic heterocycles. The Kier molecular flexibility index (Phi) is 5.63. The highest BCUT2D eigenvalue weighted by molar-refractivity contribution is 7.98. The highest BCUT2D eigenvalue weighted by Gasteiger charge is 2.18. The summed E-state index contributed by atoms with van der Waals surface area (Å²) in [4.78, 5) is 8.62. The van der Waals surface area contributed by atoms with Crippen molar-refractivity contribution in [2.45, 2.75) is 10.9 Å². The lowest BCUT2D eigenvalue weighted by atomic mass is 10.2. The van der Waals surface area contributed by atoms with Crippen molar-refractivity contribution in [3.63, 3.8) is 0 Å². The van der Waals surface area contributed by atoms with E-state index in [1.165, 1.54) is 11.8 Å². The number of rotatable bonds is 7. The summed E-state index contributed by atoms with van der Waals surface area (Å²) in [5, 5.41) is 13.7. The van der Waals surface area contributed by atoms with E-state index in [1.54, 1.807) is 19.5 Å². The molecule has 32 heavy (non-hydrogen) atoms. The SMILES string of the molecule is COc1ccccc1-c1noc(CSc2nnc(-c3ccncc3)n2-c2ccccc2)n1. The molecule has 5 aromatic rings. The van der Waals surface area contributed by atoms with Gasteiger partial charge in [0, 0.05) is 23.6 Å². The van der Waals surface area contributed by atoms with Gasteiger partial charge in [0.2, 0.25) is 11.7 Å². The van der Waals surface area contributed by atoms with E-state index in [1.807, 2.05) is 71.3 Å². The molecule has 0 unspecified atom stereocenters. The van der Waals surface area contributed by atoms with Crippen molar-refractivity contribution < 1.29 is 9.26 Å². The number of hydrogen-bond acceptors (Lipinski definition) is 8. The van der Waals surface area contributed by atoms with Gasteiger partial charge in [0.05, 0.1) is 18.4 Å². The molecule has 5 rings (SSSR count). The maximum absolute atomic E-state index is 5.47. The third-order valence-corrected chi connectivity index (χ3v) is 5.64. The molecule has 0 saturated carbocycles. The van der Waals surface area contributed by atoms with Crippen LogP contribution < -0.4 is 4.74 Å². The molecule has 0 bridgehead atoms. The fourth-order valence-corrected chi connectivity index (χ4v) is 4.03. The van der Waals surface area contributed by atoms with Crippen LogP contribution in [0.3, 0.4) is 0 Å². The van der Waals surface area contributed by atoms with Gasteiger partial charge in [-0.1, -0.05) is 47.3 Å². The number of nitrogens with zero attached hydrogens (tertiary/aromatic N) is 6. The molecule has 2 aromatic carbocycles. The second kappa shape index (κ2) is 9.03. The van der Waals surface area contributed by atoms with Crippen LogP contribution in [0.5, 0.6) is 5.75 Å². The van der Waals surface area contributed by atoms with Gasteiger partial charge in [-0.15, -0.1) is 10.2 Å². The summed E-state index contributed by atoms with van der Waals surface area (Å²) >= 11 is 1.48. The van der Waals surface area contributed by atoms with E-state index >= 15 is 0 Å². The van der Waals surface area contributed by atoms with Gasteiger partial charge in [-0.3, -0.25) is 9.55 Å². The van der Waals surface area contributed by atoms with Crippen molar-refractivity contribution in [2.24, 2.45) is 0 Å². The molecule has 9 heteroatoms. The maximum atomic E-state index is 5.47. The Morgan fingerprint density at radius 3 is 2.53 bits per heavy atom. The van der Waals surface area contributed by atoms with Crippen molar-refractivity contribution in [3.8, 4) is 34.2 Å². The number of aromatic nitrogens is 6. The van der Waals surface area contributed by atoms with Gasteiger partial charge in [-0.25, -0.2) is 0 Å². The summed E-state index contributed by atoms with van der Waals surface area (Å²) in [6.07, 6.45) is 3.48. The molecule has 0 aliphatic heterocycles. The van der Waals surface area contributed by atoms with Crippen LogP contribution >= 0.6 is 11.8 Å². The van der Waals surface area contributed by atoms with Crippen LogP contribution in [0, 0.1) is 0 Å². The van der Waals surface area contributed by atoms with Gasteiger partial charge in [-0.2, -0.15) is 4.98 Å². The third kappa shape index (κ3) is 3.97. The quantitative estimate of drug-likeness (QED) is 0.336. The van der Waals surface area contributed by atoms with Gasteiger partial charge in [0.1, 0.15) is 5.75 Å². The summed E-state index contributed by atoms with van der Waals surface area (Å²) < 4.78 is 12.9. The van der Waals surface area contributed by atoms with Gasteiger partial charge < -0.3 is 9.26 Å². The van der Waals surface area contributed by atoms with E-state index in [9.17, 15) is 0 Å². The number of para-hydroxylation sites is 2. The van der Waals surface area contributed by atoms with Crippen LogP contribution in [0.4, 0.5) is 0 Å². The normalized spacial score (nSPS) is 10.9. The van der Waals surface area contributed by atoms with Crippen molar-refractivity contribution in [1.29, 1.82) is 0 Å². The molecule has 0 aliphatic carbocycles. The number of benzene rings is 2. The minimum atomic E-state index is 0.448. The Morgan fingerprint density at radius 2 is 1.72 bits per heavy atom. The molecule has 0 radical (unpaired) electrons. The van der Waals surface area contributed by atoms with E-state index in [0.717, 1.165) is 27.8 Å². The third-order valence-electron chi connectivity index (χ3n) is 4.73. The number of thioether (sulfide) groups is 1. The Hall–Kier alpha value is -3.98. The average molecular weight is 443 g/mol. The molecular weight excluding hydrogens is 424 g/mol. The van der Waals surface area contributed by atoms with Gasteiger partial charge in [0.15, 0.2) is 11.0 Å². The van der Waals surface area contributed by atoms with Crippen molar-refractivity contribution in [3.05, 3.63) is 85.0 Å². The first-order chi connectivity index (χ1) is 15.8. The molecule has 0 fully saturated rings. The number of hydrogen-bond donors (Lipinski definition) is 0. The zero-order valence-electron chi connectivity index (χ0n) is 17.1. The summed E-state index contributed by atoms with van der Waals surface area (Å²) in [6, 6.07) is 21.4. The fourth-order valence-electron chi connectivity index (χ4n) is 3.24. The molecule has 0 amide bonds. The van der Waals surface area contributed by atoms with E-state index in [2.05, 4.69) is 25.3 Å². The number of methoxy groups -OCH3 is 1. The van der Waals surface area contributed by atoms with E-state index in [-0.39, 0.29) is 0 Å². The molecule has 3 heterocycles. The van der Waals surface area contributed by atoms with E-state index in [0.29, 0.717) is 23.2 Å². The van der Waals surface area contributed by atoms with E-state index in [4.69, 9.17) is 9.26 Å². The Bertz CT molecular complexity index is 1320. The predicted molar refractivity (Wildman–Crippen MR) is 120 cm³/mol. The van der Waals surface area contributed by atoms with Crippen LogP contribution in [0.25, 0.3) is 28.5 Å². The molecule has 0 spiro atoms. The molecule has 8 nitrogen and oxygen atoms in total. The van der Waals surface area contributed by atoms with Gasteiger partial charge >= 0.3 is 0 Å². The molecule has 0 saturated heterocycles. The monoisotopic (exact) mass is 442 g/mol. The smallest absolute Gasteiger partial charge is 0.237 e. The predicted octanol–water partition coefficient (Wildman–Crippen LogP) is 4.68. The highest BCUT2D eigenvalue weighted by atomic mass is 32.2. The fraction of sp³-hybridized carbons (Fsp3) is 0.0870. The topological polar surface area (TPSA) is 91.8 Å². The van der Waals surface area contributed by atoms with Crippen LogP contribution in [-0.4, -0.2) is 37.0 Å². The first kappa shape index (κ1) is 20.0. The first-order valence-corrected chi connectivity index (χ1v) is 10.8. The minimum Gasteiger partial charge on any atom is -0.496 e. The minimum absolute atomic E-state index is 0.448. The molecular formula is C23H18N6O2S. The summed E-state index contributed by atoms with van der Waals surface area (Å²) in [5.41, 5.74) is 2.67. The Balaban J connectivity index is 1.43. The van der Waals surface area contributed by atoms with Crippen molar-refractivity contribution in [2.75, 3.05) is 7.11 Å². The lowest BCUT2D eigenvalue weighted by Gasteiger charge is -2.09. The molecule has 158 valence electrons. The zero-order chi connectivity index (χ0) is 21.8. The van der Waals surface area contributed by atoms with Crippen LogP contribution in [0.2, 0.25) is 0 Å². The average Bonchev–Trinajstić information content (AvgIpc) is 3.51. The highest BCUT2D eigenvalue weighted by Crippen LogP contribution is 2.31. The zero-order valence-corrected chi connectivity index (χ0v) is 17.9. The summed E-state index contributed by atoms with van der Waals surface area (Å²) in [6.45, 7) is 0. The van der Waals surface area contributed by atoms with Gasteiger partial charge in [0.25, 0.3) is 0 Å². The van der Waals surface area contributed by atoms with Gasteiger partial charge in [-0.05, 0) is 36.4 Å². The van der Waals surface area contributed by atoms with Crippen LogP contribution in [0.15, 0.2) is 88.8 Å². The Morgan fingerprint density at radius 1 is 0.938 bits per heavy atom. The van der Waals surface area contributed by atoms with Crippen LogP contribution in [0.1, 0.15) is 5.89 Å². The van der Waals surface area contributed by atoms with E-state index < -0.39 is 0 Å². The molecule has 0 aliphatic rings. The summed E-state index contributed by atoms with van der Waals surface area (Å²) in [7, 11) is 1.62. The molecule has 0 atom stereocenters. The molecule has 0 N–H and O–H groups in total. The second-order valence-corrected chi connectivity index (χ2v) is 7.66. The summed E-state index contributed by atoms with van der Waals surface area (Å²) in [5.74, 6) is 2.85. The Labute approximate surface area is 188 Å². The largest absolute Gasteiger partial charge is 0.496 e. The van der Waals surface area contributed by atoms with Crippen LogP contribution in [-0.2, 0) is 5.75 Å². The number of ether oxygens (including phenoxy) is 1. The maximum Gasteiger partial charge on any atom is 0.237 e. The standard InChI is InChI=1S/C23H18N6O2S/c1-30-19-10-6-5-9-18(19)21-25-20(31-28-21)15-32-23-27-26-22(16-11-13-24-14-12-16)29(23)17-7-3-2-4-8-17/h2-14H,15H2,1H3. The first-order valence-electron chi connectivity index (χ1n) is 9.83. The lowest BCUT2D eigenvalue weighted by Crippen LogP contribution is -1.99. The number of pyridine rings is 1. The second-order valence-electron chi connectivity index (χ2n) is 6.71. The lowest BCUT2D eigenvalue weighted by molar-refractivity contribution is 0.390.